The lowest BCUT2D eigenvalue weighted by atomic mass is 10.1. The SMILES string of the molecule is CCc1cc(CC)n(CC(=O)c2ccc([N+](=O)[O-])cc2)n1. The van der Waals surface area contributed by atoms with Crippen LogP contribution in [0.15, 0.2) is 30.3 Å². The van der Waals surface area contributed by atoms with Crippen LogP contribution in [0.1, 0.15) is 35.6 Å². The lowest BCUT2D eigenvalue weighted by molar-refractivity contribution is -0.384. The van der Waals surface area contributed by atoms with E-state index in [0.717, 1.165) is 24.2 Å². The Bertz CT molecular complexity index is 659. The highest BCUT2D eigenvalue weighted by Gasteiger charge is 2.13. The van der Waals surface area contributed by atoms with E-state index in [1.54, 1.807) is 4.68 Å². The van der Waals surface area contributed by atoms with E-state index < -0.39 is 4.92 Å². The topological polar surface area (TPSA) is 78.0 Å². The van der Waals surface area contributed by atoms with E-state index >= 15 is 0 Å². The highest BCUT2D eigenvalue weighted by molar-refractivity contribution is 5.96. The summed E-state index contributed by atoms with van der Waals surface area (Å²) in [5, 5.41) is 15.0. The fourth-order valence-corrected chi connectivity index (χ4v) is 2.11. The van der Waals surface area contributed by atoms with Crippen molar-refractivity contribution in [3.8, 4) is 0 Å². The van der Waals surface area contributed by atoms with Gasteiger partial charge in [-0.15, -0.1) is 0 Å². The second-order valence-corrected chi connectivity index (χ2v) is 4.72. The molecule has 0 atom stereocenters. The van der Waals surface area contributed by atoms with Crippen molar-refractivity contribution in [2.75, 3.05) is 0 Å². The number of carbonyl (C=O) groups is 1. The molecule has 0 aliphatic rings. The minimum atomic E-state index is -0.482. The Morgan fingerprint density at radius 1 is 1.24 bits per heavy atom. The summed E-state index contributed by atoms with van der Waals surface area (Å²) in [6, 6.07) is 7.65. The van der Waals surface area contributed by atoms with Crippen LogP contribution >= 0.6 is 0 Å². The Kier molecular flexibility index (Phi) is 4.47. The molecule has 0 unspecified atom stereocenters. The largest absolute Gasteiger partial charge is 0.292 e. The van der Waals surface area contributed by atoms with Gasteiger partial charge in [-0.2, -0.15) is 5.10 Å². The maximum Gasteiger partial charge on any atom is 0.269 e. The highest BCUT2D eigenvalue weighted by Crippen LogP contribution is 2.14. The standard InChI is InChI=1S/C15H17N3O3/c1-3-12-9-13(4-2)17(16-12)10-15(19)11-5-7-14(8-6-11)18(20)21/h5-9H,3-4,10H2,1-2H3. The van der Waals surface area contributed by atoms with Gasteiger partial charge in [-0.3, -0.25) is 19.6 Å². The minimum absolute atomic E-state index is 0.0202. The molecule has 2 aromatic rings. The number of benzene rings is 1. The van der Waals surface area contributed by atoms with Crippen molar-refractivity contribution in [1.82, 2.24) is 9.78 Å². The molecule has 0 saturated heterocycles. The number of rotatable bonds is 6. The van der Waals surface area contributed by atoms with Crippen LogP contribution in [-0.2, 0) is 19.4 Å². The molecular weight excluding hydrogens is 270 g/mol. The molecule has 0 N–H and O–H groups in total. The summed E-state index contributed by atoms with van der Waals surface area (Å²) in [4.78, 5) is 22.3. The molecule has 0 saturated carbocycles. The molecule has 0 aliphatic carbocycles. The first-order chi connectivity index (χ1) is 10.0. The summed E-state index contributed by atoms with van der Waals surface area (Å²) < 4.78 is 1.71. The molecule has 0 radical (unpaired) electrons. The highest BCUT2D eigenvalue weighted by atomic mass is 16.6. The van der Waals surface area contributed by atoms with E-state index in [9.17, 15) is 14.9 Å². The van der Waals surface area contributed by atoms with E-state index in [-0.39, 0.29) is 18.0 Å². The number of aryl methyl sites for hydroxylation is 2. The third kappa shape index (κ3) is 3.34. The summed E-state index contributed by atoms with van der Waals surface area (Å²) >= 11 is 0. The third-order valence-corrected chi connectivity index (χ3v) is 3.33. The van der Waals surface area contributed by atoms with Gasteiger partial charge in [0.2, 0.25) is 0 Å². The van der Waals surface area contributed by atoms with Crippen molar-refractivity contribution >= 4 is 11.5 Å². The predicted octanol–water partition coefficient (Wildman–Crippen LogP) is 2.80. The number of hydrogen-bond acceptors (Lipinski definition) is 4. The van der Waals surface area contributed by atoms with Gasteiger partial charge in [0.25, 0.3) is 5.69 Å². The number of nitro groups is 1. The molecule has 6 nitrogen and oxygen atoms in total. The predicted molar refractivity (Wildman–Crippen MR) is 78.4 cm³/mol. The van der Waals surface area contributed by atoms with Crippen LogP contribution in [0.4, 0.5) is 5.69 Å². The summed E-state index contributed by atoms with van der Waals surface area (Å²) in [7, 11) is 0. The van der Waals surface area contributed by atoms with E-state index in [0.29, 0.717) is 5.56 Å². The summed E-state index contributed by atoms with van der Waals surface area (Å²) in [6.07, 6.45) is 1.63. The molecule has 0 bridgehead atoms. The van der Waals surface area contributed by atoms with Crippen molar-refractivity contribution in [2.45, 2.75) is 33.2 Å². The third-order valence-electron chi connectivity index (χ3n) is 3.33. The van der Waals surface area contributed by atoms with E-state index in [1.165, 1.54) is 24.3 Å². The zero-order chi connectivity index (χ0) is 15.4. The summed E-state index contributed by atoms with van der Waals surface area (Å²) in [6.45, 7) is 4.19. The van der Waals surface area contributed by atoms with Crippen LogP contribution in [0.25, 0.3) is 0 Å². The van der Waals surface area contributed by atoms with Gasteiger partial charge in [-0.25, -0.2) is 0 Å². The molecule has 1 aromatic heterocycles. The zero-order valence-corrected chi connectivity index (χ0v) is 12.1. The van der Waals surface area contributed by atoms with Crippen molar-refractivity contribution < 1.29 is 9.72 Å². The maximum absolute atomic E-state index is 12.2. The number of nitro benzene ring substituents is 1. The second kappa shape index (κ2) is 6.30. The fourth-order valence-electron chi connectivity index (χ4n) is 2.11. The average molecular weight is 287 g/mol. The Morgan fingerprint density at radius 3 is 2.43 bits per heavy atom. The number of aromatic nitrogens is 2. The molecule has 0 amide bonds. The van der Waals surface area contributed by atoms with E-state index in [1.807, 2.05) is 19.9 Å². The van der Waals surface area contributed by atoms with Gasteiger partial charge in [0, 0.05) is 23.4 Å². The quantitative estimate of drug-likeness (QED) is 0.465. The molecular formula is C15H17N3O3. The number of Topliss-reactive ketones (excluding diaryl/α,β-unsaturated/α-hetero) is 1. The molecule has 110 valence electrons. The van der Waals surface area contributed by atoms with Crippen molar-refractivity contribution in [3.05, 3.63) is 57.4 Å². The van der Waals surface area contributed by atoms with Gasteiger partial charge >= 0.3 is 0 Å². The van der Waals surface area contributed by atoms with Gasteiger partial charge in [-0.1, -0.05) is 13.8 Å². The fraction of sp³-hybridized carbons (Fsp3) is 0.333. The number of ketones is 1. The molecule has 1 heterocycles. The Hall–Kier alpha value is -2.50. The van der Waals surface area contributed by atoms with E-state index in [4.69, 9.17) is 0 Å². The van der Waals surface area contributed by atoms with Gasteiger partial charge in [0.15, 0.2) is 5.78 Å². The number of hydrogen-bond donors (Lipinski definition) is 0. The van der Waals surface area contributed by atoms with Crippen LogP contribution < -0.4 is 0 Å². The minimum Gasteiger partial charge on any atom is -0.292 e. The van der Waals surface area contributed by atoms with Gasteiger partial charge in [0.1, 0.15) is 6.54 Å². The molecule has 1 aromatic carbocycles. The van der Waals surface area contributed by atoms with Crippen molar-refractivity contribution in [2.24, 2.45) is 0 Å². The number of non-ortho nitro benzene ring substituents is 1. The molecule has 0 spiro atoms. The van der Waals surface area contributed by atoms with Crippen LogP contribution in [0, 0.1) is 10.1 Å². The molecule has 0 aliphatic heterocycles. The Balaban J connectivity index is 2.17. The van der Waals surface area contributed by atoms with Crippen molar-refractivity contribution in [3.63, 3.8) is 0 Å². The van der Waals surface area contributed by atoms with E-state index in [2.05, 4.69) is 5.10 Å². The van der Waals surface area contributed by atoms with Crippen LogP contribution in [-0.4, -0.2) is 20.5 Å². The maximum atomic E-state index is 12.2. The Labute approximate surface area is 122 Å². The number of nitrogens with zero attached hydrogens (tertiary/aromatic N) is 3. The van der Waals surface area contributed by atoms with Crippen LogP contribution in [0.5, 0.6) is 0 Å². The first-order valence-electron chi connectivity index (χ1n) is 6.88. The van der Waals surface area contributed by atoms with Gasteiger partial charge in [-0.05, 0) is 31.0 Å². The smallest absolute Gasteiger partial charge is 0.269 e. The molecule has 6 heteroatoms. The summed E-state index contributed by atoms with van der Waals surface area (Å²) in [5.74, 6) is -0.106. The lowest BCUT2D eigenvalue weighted by Crippen LogP contribution is -2.14. The monoisotopic (exact) mass is 287 g/mol. The second-order valence-electron chi connectivity index (χ2n) is 4.72. The first-order valence-corrected chi connectivity index (χ1v) is 6.88. The molecule has 2 rings (SSSR count). The van der Waals surface area contributed by atoms with Crippen LogP contribution in [0.2, 0.25) is 0 Å². The zero-order valence-electron chi connectivity index (χ0n) is 12.1. The normalized spacial score (nSPS) is 10.6. The van der Waals surface area contributed by atoms with Crippen LogP contribution in [0.3, 0.4) is 0 Å². The Morgan fingerprint density at radius 2 is 1.90 bits per heavy atom. The van der Waals surface area contributed by atoms with Gasteiger partial charge in [0.05, 0.1) is 10.6 Å². The van der Waals surface area contributed by atoms with Crippen molar-refractivity contribution in [1.29, 1.82) is 0 Å². The molecule has 21 heavy (non-hydrogen) atoms. The van der Waals surface area contributed by atoms with Gasteiger partial charge < -0.3 is 0 Å². The average Bonchev–Trinajstić information content (AvgIpc) is 2.89. The summed E-state index contributed by atoms with van der Waals surface area (Å²) in [5.41, 5.74) is 2.41. The first kappa shape index (κ1) is 14.9. The lowest BCUT2D eigenvalue weighted by Gasteiger charge is -2.05. The molecule has 0 fully saturated rings. The number of carbonyl (C=O) groups excluding carboxylic acids is 1.